The first-order valence-corrected chi connectivity index (χ1v) is 13.9. The van der Waals surface area contributed by atoms with E-state index in [1.165, 1.54) is 5.57 Å². The molecule has 0 saturated heterocycles. The molecule has 0 aromatic rings. The van der Waals surface area contributed by atoms with Gasteiger partial charge in [0.05, 0.1) is 0 Å². The Hall–Kier alpha value is -1.49. The van der Waals surface area contributed by atoms with Gasteiger partial charge >= 0.3 is 0 Å². The van der Waals surface area contributed by atoms with Gasteiger partial charge in [0.25, 0.3) is 0 Å². The maximum atomic E-state index is 14.3. The highest BCUT2D eigenvalue weighted by Crippen LogP contribution is 2.74. The smallest absolute Gasteiger partial charge is 0.249 e. The van der Waals surface area contributed by atoms with E-state index >= 15 is 0 Å². The van der Waals surface area contributed by atoms with Crippen molar-refractivity contribution in [2.45, 2.75) is 106 Å². The molecular weight excluding hydrogens is 436 g/mol. The fourth-order valence-corrected chi connectivity index (χ4v) is 10.3. The summed E-state index contributed by atoms with van der Waals surface area (Å²) in [5.74, 6) is 0.519. The predicted molar refractivity (Wildman–Crippen MR) is 137 cm³/mol. The van der Waals surface area contributed by atoms with Crippen molar-refractivity contribution in [3.63, 3.8) is 0 Å². The molecule has 0 bridgehead atoms. The van der Waals surface area contributed by atoms with Gasteiger partial charge in [-0.2, -0.15) is 0 Å². The number of rotatable bonds is 1. The molecule has 194 valence electrons. The number of allylic oxidation sites excluding steroid dienone is 2. The first kappa shape index (κ1) is 25.2. The normalized spacial score (nSPS) is 50.7. The Labute approximate surface area is 211 Å². The lowest BCUT2D eigenvalue weighted by atomic mass is 9.33. The molecule has 5 aliphatic carbocycles. The van der Waals surface area contributed by atoms with Crippen molar-refractivity contribution >= 4 is 17.4 Å². The summed E-state index contributed by atoms with van der Waals surface area (Å²) < 4.78 is 0. The summed E-state index contributed by atoms with van der Waals surface area (Å²) in [5.41, 5.74) is 3.10. The summed E-state index contributed by atoms with van der Waals surface area (Å²) in [4.78, 5) is 26.9. The lowest BCUT2D eigenvalue weighted by Gasteiger charge is -2.70. The van der Waals surface area contributed by atoms with E-state index in [2.05, 4.69) is 41.5 Å². The Morgan fingerprint density at radius 3 is 2.31 bits per heavy atom. The van der Waals surface area contributed by atoms with Gasteiger partial charge in [0, 0.05) is 22.5 Å². The Balaban J connectivity index is 1.62. The van der Waals surface area contributed by atoms with Gasteiger partial charge < -0.3 is 5.41 Å². The van der Waals surface area contributed by atoms with Crippen LogP contribution in [0.2, 0.25) is 0 Å². The molecule has 4 fully saturated rings. The van der Waals surface area contributed by atoms with Gasteiger partial charge in [-0.25, -0.2) is 5.48 Å². The van der Waals surface area contributed by atoms with E-state index in [9.17, 15) is 14.8 Å². The van der Waals surface area contributed by atoms with Crippen LogP contribution in [0.25, 0.3) is 0 Å². The molecule has 8 atom stereocenters. The molecule has 5 nitrogen and oxygen atoms in total. The number of fused-ring (bicyclic) bond motifs is 7. The molecule has 0 spiro atoms. The van der Waals surface area contributed by atoms with Crippen LogP contribution in [0.1, 0.15) is 106 Å². The van der Waals surface area contributed by atoms with E-state index in [0.29, 0.717) is 18.1 Å². The predicted octanol–water partition coefficient (Wildman–Crippen LogP) is 6.49. The molecular formula is C30H46N2O3. The number of hydroxylamine groups is 1. The number of hydrogen-bond donors (Lipinski definition) is 3. The van der Waals surface area contributed by atoms with E-state index in [0.717, 1.165) is 57.1 Å². The highest BCUT2D eigenvalue weighted by Gasteiger charge is 2.70. The van der Waals surface area contributed by atoms with E-state index < -0.39 is 5.41 Å². The summed E-state index contributed by atoms with van der Waals surface area (Å²) >= 11 is 0. The average molecular weight is 483 g/mol. The second-order valence-corrected chi connectivity index (χ2v) is 14.9. The van der Waals surface area contributed by atoms with Crippen LogP contribution in [0.4, 0.5) is 0 Å². The summed E-state index contributed by atoms with van der Waals surface area (Å²) in [5, 5.41) is 18.1. The molecule has 5 aliphatic rings. The van der Waals surface area contributed by atoms with Gasteiger partial charge in [-0.15, -0.1) is 0 Å². The number of ketones is 1. The van der Waals surface area contributed by atoms with Crippen molar-refractivity contribution < 1.29 is 14.8 Å². The van der Waals surface area contributed by atoms with Crippen molar-refractivity contribution in [3.05, 3.63) is 11.6 Å². The minimum absolute atomic E-state index is 0.0186. The third-order valence-corrected chi connectivity index (χ3v) is 13.1. The van der Waals surface area contributed by atoms with Gasteiger partial charge in [-0.05, 0) is 97.4 Å². The Morgan fingerprint density at radius 2 is 1.66 bits per heavy atom. The molecule has 3 N–H and O–H groups in total. The van der Waals surface area contributed by atoms with Crippen LogP contribution in [0.3, 0.4) is 0 Å². The van der Waals surface area contributed by atoms with Crippen molar-refractivity contribution in [2.75, 3.05) is 0 Å². The molecule has 1 amide bonds. The van der Waals surface area contributed by atoms with Gasteiger partial charge in [0.15, 0.2) is 5.78 Å². The van der Waals surface area contributed by atoms with Crippen LogP contribution in [0, 0.1) is 55.7 Å². The molecule has 5 heteroatoms. The fraction of sp³-hybridized carbons (Fsp3) is 0.833. The van der Waals surface area contributed by atoms with Crippen LogP contribution >= 0.6 is 0 Å². The van der Waals surface area contributed by atoms with Gasteiger partial charge in [-0.1, -0.05) is 54.0 Å². The van der Waals surface area contributed by atoms with Crippen molar-refractivity contribution in [1.82, 2.24) is 5.48 Å². The second-order valence-electron chi connectivity index (χ2n) is 14.9. The number of carbonyl (C=O) groups is 2. The molecule has 35 heavy (non-hydrogen) atoms. The van der Waals surface area contributed by atoms with Crippen molar-refractivity contribution in [1.29, 1.82) is 5.41 Å². The Bertz CT molecular complexity index is 1030. The van der Waals surface area contributed by atoms with E-state index in [4.69, 9.17) is 5.41 Å². The summed E-state index contributed by atoms with van der Waals surface area (Å²) in [6.07, 6.45) is 10.5. The second kappa shape index (κ2) is 7.30. The van der Waals surface area contributed by atoms with Crippen LogP contribution in [-0.2, 0) is 9.59 Å². The van der Waals surface area contributed by atoms with Gasteiger partial charge in [0.1, 0.15) is 0 Å². The van der Waals surface area contributed by atoms with Gasteiger partial charge in [-0.3, -0.25) is 14.8 Å². The average Bonchev–Trinajstić information content (AvgIpc) is 2.78. The van der Waals surface area contributed by atoms with Crippen LogP contribution in [0.15, 0.2) is 11.6 Å². The maximum Gasteiger partial charge on any atom is 0.249 e. The third kappa shape index (κ3) is 3.00. The zero-order valence-corrected chi connectivity index (χ0v) is 22.9. The zero-order valence-electron chi connectivity index (χ0n) is 22.9. The summed E-state index contributed by atoms with van der Waals surface area (Å²) in [7, 11) is 0. The molecule has 0 aromatic heterocycles. The monoisotopic (exact) mass is 482 g/mol. The Morgan fingerprint density at radius 1 is 1.00 bits per heavy atom. The molecule has 0 aliphatic heterocycles. The fourth-order valence-electron chi connectivity index (χ4n) is 10.3. The van der Waals surface area contributed by atoms with Gasteiger partial charge in [0.2, 0.25) is 5.91 Å². The first-order chi connectivity index (χ1) is 16.1. The number of amides is 1. The molecule has 3 unspecified atom stereocenters. The topological polar surface area (TPSA) is 90.2 Å². The Kier molecular flexibility index (Phi) is 5.25. The highest BCUT2D eigenvalue weighted by molar-refractivity contribution is 5.96. The minimum atomic E-state index is -0.615. The lowest BCUT2D eigenvalue weighted by molar-refractivity contribution is -0.175. The highest BCUT2D eigenvalue weighted by atomic mass is 16.5. The third-order valence-electron chi connectivity index (χ3n) is 13.1. The first-order valence-electron chi connectivity index (χ1n) is 13.9. The summed E-state index contributed by atoms with van der Waals surface area (Å²) in [6, 6.07) is 0. The number of nitrogens with one attached hydrogen (secondary N) is 2. The minimum Gasteiger partial charge on any atom is -0.309 e. The zero-order chi connectivity index (χ0) is 25.8. The maximum absolute atomic E-state index is 14.3. The van der Waals surface area contributed by atoms with Crippen molar-refractivity contribution in [2.24, 2.45) is 50.2 Å². The quantitative estimate of drug-likeness (QED) is 0.295. The molecule has 0 aromatic carbocycles. The van der Waals surface area contributed by atoms with E-state index in [-0.39, 0.29) is 44.8 Å². The van der Waals surface area contributed by atoms with E-state index in [1.54, 1.807) is 0 Å². The number of carbonyl (C=O) groups excluding carboxylic acids is 2. The molecule has 0 radical (unpaired) electrons. The van der Waals surface area contributed by atoms with Crippen LogP contribution in [-0.4, -0.2) is 22.6 Å². The molecule has 0 heterocycles. The molecule has 4 saturated carbocycles. The standard InChI is InChI=1S/C30H46N2O3/c1-25(2)21-8-11-30(7)23(28(21,5)10-9-22(25)31)20(33)16-18-19-17-27(4,24(34)32-35)13-12-26(19,3)14-15-29(18,30)6/h16,19,21,23,31,35H,8-15,17H2,1-7H3,(H,32,34)/t19?,21?,23?,26-,27+,28+,29-,30-/m1/s1. The molecule has 5 rings (SSSR count). The largest absolute Gasteiger partial charge is 0.309 e. The van der Waals surface area contributed by atoms with Crippen LogP contribution in [0.5, 0.6) is 0 Å². The number of hydrogen-bond acceptors (Lipinski definition) is 4. The van der Waals surface area contributed by atoms with Crippen molar-refractivity contribution in [3.8, 4) is 0 Å². The summed E-state index contributed by atoms with van der Waals surface area (Å²) in [6.45, 7) is 16.0. The van der Waals surface area contributed by atoms with E-state index in [1.807, 2.05) is 18.5 Å². The lowest BCUT2D eigenvalue weighted by Crippen LogP contribution is -2.66. The SMILES string of the molecule is CC1(C)C(=N)CC[C@@]2(C)C1CC[C@]1(C)C2C(=O)C=C2C3C[C@@](C)(C(=O)NO)CC[C@]3(C)CC[C@]21C. The van der Waals surface area contributed by atoms with Crippen LogP contribution < -0.4 is 5.48 Å².